The van der Waals surface area contributed by atoms with Crippen molar-refractivity contribution in [2.45, 2.75) is 50.4 Å². The number of fused-ring (bicyclic) bond motifs is 1. The maximum atomic E-state index is 12.5. The molecule has 5 rings (SSSR count). The predicted molar refractivity (Wildman–Crippen MR) is 99.5 cm³/mol. The van der Waals surface area contributed by atoms with E-state index in [0.29, 0.717) is 23.7 Å². The van der Waals surface area contributed by atoms with Gasteiger partial charge in [-0.2, -0.15) is 10.1 Å². The standard InChI is InChI=1S/C21H22N4O2/c1-25-12-17(11-22-25)19(26)10-15-6-5-14-9-16(7-8-18(14)15)20-23-21(27-24-20)13-3-2-4-13/h7-9,11-13,15H,2-6,10H2,1H3/t15-/m0/s1. The Labute approximate surface area is 157 Å². The maximum Gasteiger partial charge on any atom is 0.230 e. The summed E-state index contributed by atoms with van der Waals surface area (Å²) < 4.78 is 7.12. The summed E-state index contributed by atoms with van der Waals surface area (Å²) in [6.07, 6.45) is 9.52. The van der Waals surface area contributed by atoms with Crippen molar-refractivity contribution in [3.05, 3.63) is 53.2 Å². The lowest BCUT2D eigenvalue weighted by Gasteiger charge is -2.20. The molecule has 0 unspecified atom stereocenters. The summed E-state index contributed by atoms with van der Waals surface area (Å²) in [5.74, 6) is 2.33. The Hall–Kier alpha value is -2.76. The third-order valence-corrected chi connectivity index (χ3v) is 5.96. The van der Waals surface area contributed by atoms with Crippen molar-refractivity contribution in [1.82, 2.24) is 19.9 Å². The van der Waals surface area contributed by atoms with Gasteiger partial charge in [-0.25, -0.2) is 0 Å². The molecule has 2 aliphatic rings. The van der Waals surface area contributed by atoms with E-state index >= 15 is 0 Å². The van der Waals surface area contributed by atoms with Crippen LogP contribution in [0.4, 0.5) is 0 Å². The Balaban J connectivity index is 1.34. The predicted octanol–water partition coefficient (Wildman–Crippen LogP) is 4.04. The maximum absolute atomic E-state index is 12.5. The summed E-state index contributed by atoms with van der Waals surface area (Å²) in [6.45, 7) is 0. The van der Waals surface area contributed by atoms with Crippen LogP contribution in [0.5, 0.6) is 0 Å². The minimum atomic E-state index is 0.160. The summed E-state index contributed by atoms with van der Waals surface area (Å²) in [6, 6.07) is 6.36. The van der Waals surface area contributed by atoms with Gasteiger partial charge in [-0.1, -0.05) is 23.7 Å². The first-order chi connectivity index (χ1) is 13.2. The number of rotatable bonds is 5. The second-order valence-corrected chi connectivity index (χ2v) is 7.76. The van der Waals surface area contributed by atoms with Gasteiger partial charge in [0.05, 0.1) is 11.8 Å². The molecule has 138 valence electrons. The first-order valence-electron chi connectivity index (χ1n) is 9.66. The molecule has 2 aromatic heterocycles. The van der Waals surface area contributed by atoms with Crippen molar-refractivity contribution in [3.8, 4) is 11.4 Å². The second kappa shape index (κ2) is 6.44. The van der Waals surface area contributed by atoms with Crippen LogP contribution < -0.4 is 0 Å². The molecule has 1 fully saturated rings. The molecular weight excluding hydrogens is 340 g/mol. The van der Waals surface area contributed by atoms with Crippen LogP contribution in [0.2, 0.25) is 0 Å². The second-order valence-electron chi connectivity index (χ2n) is 7.76. The number of aromatic nitrogens is 4. The molecule has 2 aliphatic carbocycles. The molecule has 1 saturated carbocycles. The van der Waals surface area contributed by atoms with Gasteiger partial charge in [0, 0.05) is 31.1 Å². The molecule has 27 heavy (non-hydrogen) atoms. The van der Waals surface area contributed by atoms with E-state index in [2.05, 4.69) is 33.4 Å². The van der Waals surface area contributed by atoms with Gasteiger partial charge in [0.25, 0.3) is 0 Å². The number of benzene rings is 1. The molecule has 2 heterocycles. The number of carbonyl (C=O) groups is 1. The van der Waals surface area contributed by atoms with Crippen molar-refractivity contribution >= 4 is 5.78 Å². The molecule has 0 aliphatic heterocycles. The molecule has 0 saturated heterocycles. The van der Waals surface area contributed by atoms with Crippen LogP contribution >= 0.6 is 0 Å². The Morgan fingerprint density at radius 2 is 2.19 bits per heavy atom. The largest absolute Gasteiger partial charge is 0.339 e. The third kappa shape index (κ3) is 2.99. The van der Waals surface area contributed by atoms with Gasteiger partial charge < -0.3 is 4.52 Å². The average molecular weight is 362 g/mol. The number of hydrogen-bond donors (Lipinski definition) is 0. The fraction of sp³-hybridized carbons (Fsp3) is 0.429. The van der Waals surface area contributed by atoms with Crippen molar-refractivity contribution in [3.63, 3.8) is 0 Å². The molecular formula is C21H22N4O2. The summed E-state index contributed by atoms with van der Waals surface area (Å²) in [4.78, 5) is 17.1. The SMILES string of the molecule is Cn1cc(C(=O)C[C@@H]2CCc3cc(-c4noc(C5CCC5)n4)ccc32)cn1. The van der Waals surface area contributed by atoms with E-state index in [4.69, 9.17) is 4.52 Å². The highest BCUT2D eigenvalue weighted by molar-refractivity contribution is 5.96. The number of hydrogen-bond acceptors (Lipinski definition) is 5. The van der Waals surface area contributed by atoms with E-state index in [1.165, 1.54) is 17.5 Å². The first kappa shape index (κ1) is 16.4. The van der Waals surface area contributed by atoms with E-state index < -0.39 is 0 Å². The summed E-state index contributed by atoms with van der Waals surface area (Å²) in [7, 11) is 1.83. The Morgan fingerprint density at radius 3 is 2.93 bits per heavy atom. The smallest absolute Gasteiger partial charge is 0.230 e. The molecule has 1 atom stereocenters. The topological polar surface area (TPSA) is 73.8 Å². The summed E-state index contributed by atoms with van der Waals surface area (Å²) >= 11 is 0. The fourth-order valence-corrected chi connectivity index (χ4v) is 4.14. The Bertz CT molecular complexity index is 999. The van der Waals surface area contributed by atoms with Crippen LogP contribution in [0.1, 0.15) is 71.3 Å². The van der Waals surface area contributed by atoms with Crippen LogP contribution in [-0.2, 0) is 13.5 Å². The number of aryl methyl sites for hydroxylation is 2. The third-order valence-electron chi connectivity index (χ3n) is 5.96. The highest BCUT2D eigenvalue weighted by Crippen LogP contribution is 2.39. The highest BCUT2D eigenvalue weighted by atomic mass is 16.5. The molecule has 0 spiro atoms. The molecule has 0 bridgehead atoms. The van der Waals surface area contributed by atoms with Gasteiger partial charge in [0.2, 0.25) is 11.7 Å². The molecule has 6 heteroatoms. The first-order valence-corrected chi connectivity index (χ1v) is 9.66. The van der Waals surface area contributed by atoms with Gasteiger partial charge in [-0.3, -0.25) is 9.48 Å². The van der Waals surface area contributed by atoms with Crippen LogP contribution in [0.3, 0.4) is 0 Å². The van der Waals surface area contributed by atoms with Crippen LogP contribution in [0.25, 0.3) is 11.4 Å². The van der Waals surface area contributed by atoms with Crippen LogP contribution in [-0.4, -0.2) is 25.7 Å². The van der Waals surface area contributed by atoms with Crippen molar-refractivity contribution < 1.29 is 9.32 Å². The normalized spacial score (nSPS) is 19.1. The molecule has 1 aromatic carbocycles. The van der Waals surface area contributed by atoms with Crippen LogP contribution in [0.15, 0.2) is 35.1 Å². The average Bonchev–Trinajstić information content (AvgIpc) is 3.34. The molecule has 0 N–H and O–H groups in total. The lowest BCUT2D eigenvalue weighted by Crippen LogP contribution is -2.08. The van der Waals surface area contributed by atoms with Crippen molar-refractivity contribution in [2.24, 2.45) is 7.05 Å². The van der Waals surface area contributed by atoms with E-state index in [-0.39, 0.29) is 11.7 Å². The molecule has 6 nitrogen and oxygen atoms in total. The zero-order valence-corrected chi connectivity index (χ0v) is 15.4. The van der Waals surface area contributed by atoms with Crippen LogP contribution in [0, 0.1) is 0 Å². The minimum Gasteiger partial charge on any atom is -0.339 e. The van der Waals surface area contributed by atoms with Gasteiger partial charge in [-0.15, -0.1) is 0 Å². The Morgan fingerprint density at radius 1 is 1.30 bits per heavy atom. The zero-order valence-electron chi connectivity index (χ0n) is 15.4. The molecule has 0 radical (unpaired) electrons. The van der Waals surface area contributed by atoms with Crippen molar-refractivity contribution in [2.75, 3.05) is 0 Å². The van der Waals surface area contributed by atoms with Gasteiger partial charge >= 0.3 is 0 Å². The van der Waals surface area contributed by atoms with E-state index in [9.17, 15) is 4.79 Å². The molecule has 0 amide bonds. The number of ketones is 1. The van der Waals surface area contributed by atoms with Gasteiger partial charge in [-0.05, 0) is 48.8 Å². The highest BCUT2D eigenvalue weighted by Gasteiger charge is 2.28. The van der Waals surface area contributed by atoms with E-state index in [0.717, 1.165) is 37.1 Å². The van der Waals surface area contributed by atoms with Crippen molar-refractivity contribution in [1.29, 1.82) is 0 Å². The molecule has 3 aromatic rings. The van der Waals surface area contributed by atoms with E-state index in [1.807, 2.05) is 7.05 Å². The van der Waals surface area contributed by atoms with E-state index in [1.54, 1.807) is 17.1 Å². The minimum absolute atomic E-state index is 0.160. The number of Topliss-reactive ketones (excluding diaryl/α,β-unsaturated/α-hetero) is 1. The van der Waals surface area contributed by atoms with Gasteiger partial charge in [0.1, 0.15) is 0 Å². The Kier molecular flexibility index (Phi) is 3.92. The fourth-order valence-electron chi connectivity index (χ4n) is 4.14. The number of nitrogens with zero attached hydrogens (tertiary/aromatic N) is 4. The lowest BCUT2D eigenvalue weighted by molar-refractivity contribution is 0.0973. The monoisotopic (exact) mass is 362 g/mol. The summed E-state index contributed by atoms with van der Waals surface area (Å²) in [5.41, 5.74) is 4.27. The number of carbonyl (C=O) groups excluding carboxylic acids is 1. The zero-order chi connectivity index (χ0) is 18.4. The lowest BCUT2D eigenvalue weighted by atomic mass is 9.85. The quantitative estimate of drug-likeness (QED) is 0.640. The summed E-state index contributed by atoms with van der Waals surface area (Å²) in [5, 5.41) is 8.27. The van der Waals surface area contributed by atoms with Gasteiger partial charge in [0.15, 0.2) is 5.78 Å².